The number of sulfonamides is 1. The summed E-state index contributed by atoms with van der Waals surface area (Å²) in [4.78, 5) is 2.42. The number of hydrogen-bond donors (Lipinski definition) is 1. The zero-order valence-corrected chi connectivity index (χ0v) is 16.3. The minimum Gasteiger partial charge on any atom is -0.493 e. The van der Waals surface area contributed by atoms with E-state index in [1.165, 1.54) is 26.4 Å². The summed E-state index contributed by atoms with van der Waals surface area (Å²) in [6, 6.07) is 11.9. The average Bonchev–Trinajstić information content (AvgIpc) is 2.69. The van der Waals surface area contributed by atoms with Crippen molar-refractivity contribution >= 4 is 15.7 Å². The van der Waals surface area contributed by atoms with Crippen molar-refractivity contribution in [3.63, 3.8) is 0 Å². The van der Waals surface area contributed by atoms with Gasteiger partial charge in [0.2, 0.25) is 0 Å². The third-order valence-electron chi connectivity index (χ3n) is 4.38. The van der Waals surface area contributed by atoms with Crippen molar-refractivity contribution in [3.05, 3.63) is 48.0 Å². The number of nitrogens with one attached hydrogen (secondary N) is 1. The Bertz CT molecular complexity index is 862. The molecule has 0 bridgehead atoms. The van der Waals surface area contributed by atoms with Gasteiger partial charge in [-0.2, -0.15) is 0 Å². The van der Waals surface area contributed by atoms with E-state index in [4.69, 9.17) is 14.2 Å². The number of methoxy groups -OCH3 is 2. The second-order valence-electron chi connectivity index (χ2n) is 6.21. The molecule has 1 heterocycles. The summed E-state index contributed by atoms with van der Waals surface area (Å²) < 4.78 is 43.6. The maximum Gasteiger partial charge on any atom is 0.262 e. The van der Waals surface area contributed by atoms with Crippen LogP contribution in [0.15, 0.2) is 47.4 Å². The number of morpholine rings is 1. The Morgan fingerprint density at radius 2 is 1.67 bits per heavy atom. The highest BCUT2D eigenvalue weighted by Gasteiger charge is 2.17. The van der Waals surface area contributed by atoms with Crippen molar-refractivity contribution in [2.45, 2.75) is 11.4 Å². The first-order valence-electron chi connectivity index (χ1n) is 8.66. The molecule has 2 aromatic carbocycles. The van der Waals surface area contributed by atoms with Crippen molar-refractivity contribution in [2.75, 3.05) is 45.2 Å². The molecule has 146 valence electrons. The van der Waals surface area contributed by atoms with Crippen LogP contribution in [-0.2, 0) is 21.3 Å². The first-order valence-corrected chi connectivity index (χ1v) is 10.1. The highest BCUT2D eigenvalue weighted by Crippen LogP contribution is 2.30. The molecule has 0 unspecified atom stereocenters. The van der Waals surface area contributed by atoms with Gasteiger partial charge >= 0.3 is 0 Å². The molecule has 2 aromatic rings. The molecule has 8 heteroatoms. The molecule has 1 aliphatic rings. The Hall–Kier alpha value is -2.29. The standard InChI is InChI=1S/C19H24N2O5S/c1-24-18-8-7-17(13-19(18)25-2)27(22,23)20-16-5-3-15(4-6-16)14-21-9-11-26-12-10-21/h3-8,13,20H,9-12,14H2,1-2H3. The van der Waals surface area contributed by atoms with Gasteiger partial charge in [-0.15, -0.1) is 0 Å². The van der Waals surface area contributed by atoms with Crippen molar-refractivity contribution in [3.8, 4) is 11.5 Å². The molecule has 1 saturated heterocycles. The van der Waals surface area contributed by atoms with Crippen LogP contribution in [-0.4, -0.2) is 53.8 Å². The highest BCUT2D eigenvalue weighted by molar-refractivity contribution is 7.92. The SMILES string of the molecule is COc1ccc(S(=O)(=O)Nc2ccc(CN3CCOCC3)cc2)cc1OC. The molecule has 1 fully saturated rings. The fourth-order valence-corrected chi connectivity index (χ4v) is 3.97. The molecule has 0 saturated carbocycles. The number of rotatable bonds is 7. The number of benzene rings is 2. The lowest BCUT2D eigenvalue weighted by atomic mass is 10.2. The zero-order chi connectivity index (χ0) is 19.3. The van der Waals surface area contributed by atoms with Gasteiger partial charge in [-0.1, -0.05) is 12.1 Å². The number of ether oxygens (including phenoxy) is 3. The molecule has 3 rings (SSSR count). The molecule has 1 aliphatic heterocycles. The van der Waals surface area contributed by atoms with Crippen LogP contribution >= 0.6 is 0 Å². The van der Waals surface area contributed by atoms with E-state index < -0.39 is 10.0 Å². The molecular weight excluding hydrogens is 368 g/mol. The predicted molar refractivity (Wildman–Crippen MR) is 103 cm³/mol. The summed E-state index contributed by atoms with van der Waals surface area (Å²) >= 11 is 0. The van der Waals surface area contributed by atoms with Gasteiger partial charge in [0.15, 0.2) is 11.5 Å². The van der Waals surface area contributed by atoms with E-state index in [-0.39, 0.29) is 4.90 Å². The Morgan fingerprint density at radius 3 is 2.30 bits per heavy atom. The summed E-state index contributed by atoms with van der Waals surface area (Å²) in [5.41, 5.74) is 1.64. The fourth-order valence-electron chi connectivity index (χ4n) is 2.89. The lowest BCUT2D eigenvalue weighted by molar-refractivity contribution is 0.0342. The Morgan fingerprint density at radius 1 is 1.00 bits per heavy atom. The normalized spacial score (nSPS) is 15.3. The van der Waals surface area contributed by atoms with Crippen LogP contribution in [0.1, 0.15) is 5.56 Å². The average molecular weight is 392 g/mol. The highest BCUT2D eigenvalue weighted by atomic mass is 32.2. The monoisotopic (exact) mass is 392 g/mol. The van der Waals surface area contributed by atoms with Gasteiger partial charge in [0.1, 0.15) is 0 Å². The summed E-state index contributed by atoms with van der Waals surface area (Å²) in [6.45, 7) is 4.15. The number of nitrogens with zero attached hydrogens (tertiary/aromatic N) is 1. The van der Waals surface area contributed by atoms with Crippen LogP contribution in [0.4, 0.5) is 5.69 Å². The summed E-state index contributed by atoms with van der Waals surface area (Å²) in [6.07, 6.45) is 0. The molecule has 0 amide bonds. The topological polar surface area (TPSA) is 77.1 Å². The Balaban J connectivity index is 1.70. The molecule has 7 nitrogen and oxygen atoms in total. The molecule has 0 aliphatic carbocycles. The minimum atomic E-state index is -3.72. The van der Waals surface area contributed by atoms with E-state index in [2.05, 4.69) is 9.62 Å². The van der Waals surface area contributed by atoms with Crippen LogP contribution in [0.2, 0.25) is 0 Å². The van der Waals surface area contributed by atoms with Crippen molar-refractivity contribution in [1.29, 1.82) is 0 Å². The van der Waals surface area contributed by atoms with Gasteiger partial charge in [0.05, 0.1) is 32.3 Å². The lowest BCUT2D eigenvalue weighted by Gasteiger charge is -2.26. The minimum absolute atomic E-state index is 0.109. The van der Waals surface area contributed by atoms with Gasteiger partial charge in [0, 0.05) is 31.4 Å². The molecular formula is C19H24N2O5S. The van der Waals surface area contributed by atoms with Gasteiger partial charge in [-0.05, 0) is 29.8 Å². The number of hydrogen-bond acceptors (Lipinski definition) is 6. The molecule has 0 aromatic heterocycles. The second kappa shape index (κ2) is 8.60. The Kier molecular flexibility index (Phi) is 6.20. The Labute approximate surface area is 159 Å². The smallest absolute Gasteiger partial charge is 0.262 e. The molecule has 0 radical (unpaired) electrons. The van der Waals surface area contributed by atoms with Crippen LogP contribution in [0.25, 0.3) is 0 Å². The van der Waals surface area contributed by atoms with Gasteiger partial charge in [0.25, 0.3) is 10.0 Å². The molecule has 0 spiro atoms. The third-order valence-corrected chi connectivity index (χ3v) is 5.76. The van der Waals surface area contributed by atoms with E-state index in [1.807, 2.05) is 12.1 Å². The first-order chi connectivity index (χ1) is 13.0. The number of anilines is 1. The second-order valence-corrected chi connectivity index (χ2v) is 7.89. The van der Waals surface area contributed by atoms with E-state index >= 15 is 0 Å². The quantitative estimate of drug-likeness (QED) is 0.779. The zero-order valence-electron chi connectivity index (χ0n) is 15.5. The van der Waals surface area contributed by atoms with Crippen molar-refractivity contribution < 1.29 is 22.6 Å². The van der Waals surface area contributed by atoms with Crippen molar-refractivity contribution in [1.82, 2.24) is 4.90 Å². The summed E-state index contributed by atoms with van der Waals surface area (Å²) in [5.74, 6) is 0.838. The maximum absolute atomic E-state index is 12.6. The molecule has 1 N–H and O–H groups in total. The van der Waals surface area contributed by atoms with Crippen LogP contribution in [0, 0.1) is 0 Å². The van der Waals surface area contributed by atoms with Gasteiger partial charge in [-0.3, -0.25) is 9.62 Å². The van der Waals surface area contributed by atoms with Crippen LogP contribution in [0.5, 0.6) is 11.5 Å². The largest absolute Gasteiger partial charge is 0.493 e. The van der Waals surface area contributed by atoms with E-state index in [9.17, 15) is 8.42 Å². The van der Waals surface area contributed by atoms with Crippen molar-refractivity contribution in [2.24, 2.45) is 0 Å². The van der Waals surface area contributed by atoms with Gasteiger partial charge in [-0.25, -0.2) is 8.42 Å². The van der Waals surface area contributed by atoms with E-state index in [0.29, 0.717) is 17.2 Å². The lowest BCUT2D eigenvalue weighted by Crippen LogP contribution is -2.35. The molecule has 0 atom stereocenters. The van der Waals surface area contributed by atoms with E-state index in [1.54, 1.807) is 18.2 Å². The summed E-state index contributed by atoms with van der Waals surface area (Å²) in [7, 11) is -0.754. The molecule has 27 heavy (non-hydrogen) atoms. The summed E-state index contributed by atoms with van der Waals surface area (Å²) in [5, 5.41) is 0. The van der Waals surface area contributed by atoms with Crippen LogP contribution in [0.3, 0.4) is 0 Å². The third kappa shape index (κ3) is 4.91. The van der Waals surface area contributed by atoms with Gasteiger partial charge < -0.3 is 14.2 Å². The fraction of sp³-hybridized carbons (Fsp3) is 0.368. The maximum atomic E-state index is 12.6. The first kappa shape index (κ1) is 19.5. The predicted octanol–water partition coefficient (Wildman–Crippen LogP) is 2.34. The van der Waals surface area contributed by atoms with E-state index in [0.717, 1.165) is 38.4 Å². The van der Waals surface area contributed by atoms with Crippen LogP contribution < -0.4 is 14.2 Å².